The van der Waals surface area contributed by atoms with E-state index < -0.39 is 0 Å². The van der Waals surface area contributed by atoms with Crippen LogP contribution in [0.4, 0.5) is 0 Å². The van der Waals surface area contributed by atoms with Crippen molar-refractivity contribution in [2.45, 2.75) is 6.42 Å². The van der Waals surface area contributed by atoms with Crippen molar-refractivity contribution in [1.82, 2.24) is 25.3 Å². The van der Waals surface area contributed by atoms with Gasteiger partial charge < -0.3 is 10.6 Å². The topological polar surface area (TPSA) is 62.2 Å². The van der Waals surface area contributed by atoms with E-state index in [1.807, 2.05) is 36.5 Å². The number of para-hydroxylation sites is 1. The number of hydrogen-bond donors (Lipinski definition) is 2. The molecule has 1 aliphatic rings. The highest BCUT2D eigenvalue weighted by Crippen LogP contribution is 2.08. The summed E-state index contributed by atoms with van der Waals surface area (Å²) in [6.45, 7) is 5.79. The second kappa shape index (κ2) is 7.89. The van der Waals surface area contributed by atoms with Crippen LogP contribution in [0.5, 0.6) is 0 Å². The van der Waals surface area contributed by atoms with E-state index in [9.17, 15) is 4.79 Å². The van der Waals surface area contributed by atoms with Crippen molar-refractivity contribution in [2.75, 3.05) is 39.3 Å². The highest BCUT2D eigenvalue weighted by molar-refractivity contribution is 5.78. The fourth-order valence-corrected chi connectivity index (χ4v) is 2.71. The zero-order valence-corrected chi connectivity index (χ0v) is 13.2. The second-order valence-electron chi connectivity index (χ2n) is 5.75. The first-order chi connectivity index (χ1) is 11.3. The number of benzene rings is 1. The van der Waals surface area contributed by atoms with Crippen molar-refractivity contribution >= 4 is 5.91 Å². The Kier molecular flexibility index (Phi) is 5.39. The van der Waals surface area contributed by atoms with E-state index in [4.69, 9.17) is 0 Å². The van der Waals surface area contributed by atoms with E-state index in [-0.39, 0.29) is 5.91 Å². The molecule has 6 heteroatoms. The van der Waals surface area contributed by atoms with E-state index in [1.165, 1.54) is 0 Å². The first-order valence-electron chi connectivity index (χ1n) is 8.10. The lowest BCUT2D eigenvalue weighted by molar-refractivity contribution is -0.120. The summed E-state index contributed by atoms with van der Waals surface area (Å²) in [5, 5.41) is 10.6. The van der Waals surface area contributed by atoms with Gasteiger partial charge in [-0.1, -0.05) is 18.2 Å². The Balaban J connectivity index is 1.44. The Hall–Kier alpha value is -2.18. The molecule has 1 aliphatic heterocycles. The molecule has 0 saturated carbocycles. The number of nitrogens with zero attached hydrogens (tertiary/aromatic N) is 3. The predicted octanol–water partition coefficient (Wildman–Crippen LogP) is 0.436. The molecule has 0 unspecified atom stereocenters. The van der Waals surface area contributed by atoms with E-state index in [0.717, 1.165) is 44.0 Å². The monoisotopic (exact) mass is 313 g/mol. The summed E-state index contributed by atoms with van der Waals surface area (Å²) in [7, 11) is 0. The Bertz CT molecular complexity index is 619. The van der Waals surface area contributed by atoms with Crippen LogP contribution in [0.15, 0.2) is 42.7 Å². The molecule has 1 aromatic carbocycles. The van der Waals surface area contributed by atoms with Gasteiger partial charge in [0, 0.05) is 45.5 Å². The van der Waals surface area contributed by atoms with Gasteiger partial charge in [-0.3, -0.25) is 9.69 Å². The average molecular weight is 313 g/mol. The molecule has 0 radical (unpaired) electrons. The SMILES string of the molecule is O=C(Cc1cnn(-c2ccccc2)c1)NCCN1CCNCC1. The van der Waals surface area contributed by atoms with Crippen LogP contribution in [0.3, 0.4) is 0 Å². The third kappa shape index (κ3) is 4.64. The molecule has 1 amide bonds. The zero-order chi connectivity index (χ0) is 15.9. The third-order valence-corrected chi connectivity index (χ3v) is 3.98. The number of carbonyl (C=O) groups is 1. The maximum atomic E-state index is 12.0. The lowest BCUT2D eigenvalue weighted by atomic mass is 10.2. The molecule has 3 rings (SSSR count). The van der Waals surface area contributed by atoms with Crippen LogP contribution in [0.2, 0.25) is 0 Å². The quantitative estimate of drug-likeness (QED) is 0.812. The number of rotatable bonds is 6. The first-order valence-corrected chi connectivity index (χ1v) is 8.10. The maximum absolute atomic E-state index is 12.0. The minimum absolute atomic E-state index is 0.0488. The molecular weight excluding hydrogens is 290 g/mol. The molecule has 0 bridgehead atoms. The molecule has 6 nitrogen and oxygen atoms in total. The van der Waals surface area contributed by atoms with E-state index in [2.05, 4.69) is 20.6 Å². The molecular formula is C17H23N5O. The Labute approximate surface area is 136 Å². The summed E-state index contributed by atoms with van der Waals surface area (Å²) in [5.41, 5.74) is 1.92. The van der Waals surface area contributed by atoms with Gasteiger partial charge in [-0.15, -0.1) is 0 Å². The Morgan fingerprint density at radius 2 is 2.00 bits per heavy atom. The first kappa shape index (κ1) is 15.7. The van der Waals surface area contributed by atoms with Crippen molar-refractivity contribution in [3.63, 3.8) is 0 Å². The lowest BCUT2D eigenvalue weighted by Crippen LogP contribution is -2.46. The summed E-state index contributed by atoms with van der Waals surface area (Å²) in [4.78, 5) is 14.4. The molecule has 0 aliphatic carbocycles. The molecule has 1 aromatic heterocycles. The van der Waals surface area contributed by atoms with E-state index in [0.29, 0.717) is 13.0 Å². The highest BCUT2D eigenvalue weighted by atomic mass is 16.1. The fraction of sp³-hybridized carbons (Fsp3) is 0.412. The van der Waals surface area contributed by atoms with Gasteiger partial charge >= 0.3 is 0 Å². The lowest BCUT2D eigenvalue weighted by Gasteiger charge is -2.27. The van der Waals surface area contributed by atoms with Gasteiger partial charge in [-0.2, -0.15) is 5.10 Å². The minimum atomic E-state index is 0.0488. The summed E-state index contributed by atoms with van der Waals surface area (Å²) in [6, 6.07) is 9.90. The van der Waals surface area contributed by atoms with Crippen molar-refractivity contribution in [2.24, 2.45) is 0 Å². The van der Waals surface area contributed by atoms with Crippen LogP contribution in [-0.4, -0.2) is 59.9 Å². The molecule has 2 N–H and O–H groups in total. The summed E-state index contributed by atoms with van der Waals surface area (Å²) >= 11 is 0. The largest absolute Gasteiger partial charge is 0.355 e. The van der Waals surface area contributed by atoms with Crippen molar-refractivity contribution in [1.29, 1.82) is 0 Å². The van der Waals surface area contributed by atoms with Crippen LogP contribution in [0, 0.1) is 0 Å². The zero-order valence-electron chi connectivity index (χ0n) is 13.2. The number of hydrogen-bond acceptors (Lipinski definition) is 4. The van der Waals surface area contributed by atoms with Crippen molar-refractivity contribution in [3.8, 4) is 5.69 Å². The number of carbonyl (C=O) groups excluding carboxylic acids is 1. The molecule has 2 aromatic rings. The van der Waals surface area contributed by atoms with E-state index in [1.54, 1.807) is 10.9 Å². The van der Waals surface area contributed by atoms with Crippen LogP contribution in [0.1, 0.15) is 5.56 Å². The summed E-state index contributed by atoms with van der Waals surface area (Å²) in [5.74, 6) is 0.0488. The Morgan fingerprint density at radius 3 is 2.78 bits per heavy atom. The standard InChI is InChI=1S/C17H23N5O/c23-17(19-8-11-21-9-6-18-7-10-21)12-15-13-20-22(14-15)16-4-2-1-3-5-16/h1-5,13-14,18H,6-12H2,(H,19,23). The second-order valence-corrected chi connectivity index (χ2v) is 5.75. The number of amides is 1. The van der Waals surface area contributed by atoms with Gasteiger partial charge in [0.25, 0.3) is 0 Å². The van der Waals surface area contributed by atoms with Gasteiger partial charge in [0.05, 0.1) is 18.3 Å². The van der Waals surface area contributed by atoms with Gasteiger partial charge in [0.2, 0.25) is 5.91 Å². The molecule has 1 fully saturated rings. The minimum Gasteiger partial charge on any atom is -0.355 e. The van der Waals surface area contributed by atoms with Crippen LogP contribution in [0.25, 0.3) is 5.69 Å². The van der Waals surface area contributed by atoms with Gasteiger partial charge in [0.15, 0.2) is 0 Å². The smallest absolute Gasteiger partial charge is 0.224 e. The average Bonchev–Trinajstić information content (AvgIpc) is 3.05. The van der Waals surface area contributed by atoms with Crippen LogP contribution >= 0.6 is 0 Å². The van der Waals surface area contributed by atoms with Gasteiger partial charge in [-0.05, 0) is 17.7 Å². The Morgan fingerprint density at radius 1 is 1.22 bits per heavy atom. The molecule has 2 heterocycles. The van der Waals surface area contributed by atoms with Gasteiger partial charge in [0.1, 0.15) is 0 Å². The molecule has 23 heavy (non-hydrogen) atoms. The third-order valence-electron chi connectivity index (χ3n) is 3.98. The maximum Gasteiger partial charge on any atom is 0.224 e. The fourth-order valence-electron chi connectivity index (χ4n) is 2.71. The molecule has 122 valence electrons. The molecule has 1 saturated heterocycles. The van der Waals surface area contributed by atoms with Crippen LogP contribution < -0.4 is 10.6 Å². The number of nitrogens with one attached hydrogen (secondary N) is 2. The normalized spacial score (nSPS) is 15.5. The van der Waals surface area contributed by atoms with Crippen molar-refractivity contribution in [3.05, 3.63) is 48.3 Å². The molecule has 0 atom stereocenters. The number of aromatic nitrogens is 2. The highest BCUT2D eigenvalue weighted by Gasteiger charge is 2.10. The summed E-state index contributed by atoms with van der Waals surface area (Å²) in [6.07, 6.45) is 4.03. The van der Waals surface area contributed by atoms with Crippen LogP contribution in [-0.2, 0) is 11.2 Å². The predicted molar refractivity (Wildman–Crippen MR) is 89.6 cm³/mol. The molecule has 0 spiro atoms. The van der Waals surface area contributed by atoms with Gasteiger partial charge in [-0.25, -0.2) is 4.68 Å². The van der Waals surface area contributed by atoms with Crippen molar-refractivity contribution < 1.29 is 4.79 Å². The summed E-state index contributed by atoms with van der Waals surface area (Å²) < 4.78 is 1.79. The number of piperazine rings is 1. The van der Waals surface area contributed by atoms with E-state index >= 15 is 0 Å².